The van der Waals surface area contributed by atoms with E-state index in [-0.39, 0.29) is 11.3 Å². The molecule has 0 spiro atoms. The molecule has 0 aromatic carbocycles. The highest BCUT2D eigenvalue weighted by molar-refractivity contribution is 8.00. The molecule has 1 aliphatic rings. The number of carboxylic acid groups (broad SMARTS) is 1. The van der Waals surface area contributed by atoms with Crippen LogP contribution in [0.1, 0.15) is 18.0 Å². The summed E-state index contributed by atoms with van der Waals surface area (Å²) < 4.78 is 0. The van der Waals surface area contributed by atoms with Crippen LogP contribution in [0.15, 0.2) is 24.4 Å². The van der Waals surface area contributed by atoms with E-state index in [1.807, 2.05) is 6.07 Å². The van der Waals surface area contributed by atoms with Gasteiger partial charge in [0.1, 0.15) is 11.4 Å². The molecule has 1 saturated heterocycles. The predicted octanol–water partition coefficient (Wildman–Crippen LogP) is 1.13. The summed E-state index contributed by atoms with van der Waals surface area (Å²) in [7, 11) is 0. The quantitative estimate of drug-likeness (QED) is 0.873. The normalized spacial score (nSPS) is 21.6. The Hall–Kier alpha value is -1.56. The molecule has 1 amide bonds. The van der Waals surface area contributed by atoms with Gasteiger partial charge in [0.15, 0.2) is 0 Å². The first-order valence-corrected chi connectivity index (χ1v) is 6.22. The molecule has 0 aliphatic carbocycles. The van der Waals surface area contributed by atoms with Crippen LogP contribution in [0, 0.1) is 0 Å². The van der Waals surface area contributed by atoms with E-state index in [1.54, 1.807) is 18.3 Å². The second-order valence-electron chi connectivity index (χ2n) is 3.73. The molecule has 0 saturated carbocycles. The van der Waals surface area contributed by atoms with Crippen LogP contribution in [0.2, 0.25) is 0 Å². The summed E-state index contributed by atoms with van der Waals surface area (Å²) in [5.74, 6) is -0.846. The molecule has 2 rings (SSSR count). The molecule has 1 aliphatic heterocycles. The van der Waals surface area contributed by atoms with Gasteiger partial charge in [-0.2, -0.15) is 0 Å². The van der Waals surface area contributed by atoms with Crippen molar-refractivity contribution in [2.24, 2.45) is 0 Å². The van der Waals surface area contributed by atoms with E-state index in [9.17, 15) is 9.59 Å². The van der Waals surface area contributed by atoms with Gasteiger partial charge in [0, 0.05) is 6.20 Å². The molecule has 1 unspecified atom stereocenters. The van der Waals surface area contributed by atoms with Crippen molar-refractivity contribution in [1.82, 2.24) is 9.88 Å². The molecular weight excluding hydrogens is 240 g/mol. The van der Waals surface area contributed by atoms with Crippen LogP contribution in [-0.4, -0.2) is 38.7 Å². The Morgan fingerprint density at radius 2 is 2.41 bits per heavy atom. The van der Waals surface area contributed by atoms with Gasteiger partial charge in [-0.15, -0.1) is 11.8 Å². The van der Waals surface area contributed by atoms with E-state index >= 15 is 0 Å². The van der Waals surface area contributed by atoms with Crippen LogP contribution in [0.4, 0.5) is 0 Å². The van der Waals surface area contributed by atoms with Crippen molar-refractivity contribution in [1.29, 1.82) is 0 Å². The molecule has 1 fully saturated rings. The number of thioether (sulfide) groups is 1. The molecular formula is C11H12N2O3S. The summed E-state index contributed by atoms with van der Waals surface area (Å²) in [4.78, 5) is 28.3. The summed E-state index contributed by atoms with van der Waals surface area (Å²) >= 11 is 1.41. The number of aliphatic carboxylic acids is 1. The number of amides is 1. The SMILES string of the molecule is C[C@@H](C(=O)O)N1C(=O)CSC1c1ccccn1. The topological polar surface area (TPSA) is 70.5 Å². The van der Waals surface area contributed by atoms with Crippen molar-refractivity contribution < 1.29 is 14.7 Å². The van der Waals surface area contributed by atoms with E-state index in [0.29, 0.717) is 5.75 Å². The molecule has 5 nitrogen and oxygen atoms in total. The first-order valence-electron chi connectivity index (χ1n) is 5.17. The van der Waals surface area contributed by atoms with Crippen molar-refractivity contribution in [2.45, 2.75) is 18.3 Å². The summed E-state index contributed by atoms with van der Waals surface area (Å²) in [5.41, 5.74) is 0.719. The Morgan fingerprint density at radius 3 is 3.00 bits per heavy atom. The minimum Gasteiger partial charge on any atom is -0.480 e. The number of hydrogen-bond acceptors (Lipinski definition) is 4. The number of nitrogens with zero attached hydrogens (tertiary/aromatic N) is 2. The number of aromatic nitrogens is 1. The van der Waals surface area contributed by atoms with Gasteiger partial charge in [0.2, 0.25) is 5.91 Å². The smallest absolute Gasteiger partial charge is 0.326 e. The maximum Gasteiger partial charge on any atom is 0.326 e. The highest BCUT2D eigenvalue weighted by Gasteiger charge is 2.39. The van der Waals surface area contributed by atoms with Crippen LogP contribution < -0.4 is 0 Å². The fourth-order valence-electron chi connectivity index (χ4n) is 1.72. The fourth-order valence-corrected chi connectivity index (χ4v) is 2.94. The number of pyridine rings is 1. The molecule has 1 N–H and O–H groups in total. The molecule has 1 aromatic rings. The summed E-state index contributed by atoms with van der Waals surface area (Å²) in [6.45, 7) is 1.52. The monoisotopic (exact) mass is 252 g/mol. The van der Waals surface area contributed by atoms with Gasteiger partial charge in [-0.25, -0.2) is 4.79 Å². The number of carbonyl (C=O) groups is 2. The number of rotatable bonds is 3. The van der Waals surface area contributed by atoms with E-state index in [0.717, 1.165) is 5.69 Å². The van der Waals surface area contributed by atoms with E-state index < -0.39 is 12.0 Å². The number of carbonyl (C=O) groups excluding carboxylic acids is 1. The minimum absolute atomic E-state index is 0.152. The van der Waals surface area contributed by atoms with Crippen molar-refractivity contribution in [3.05, 3.63) is 30.1 Å². The molecule has 1 aromatic heterocycles. The molecule has 6 heteroatoms. The lowest BCUT2D eigenvalue weighted by atomic mass is 10.2. The van der Waals surface area contributed by atoms with E-state index in [1.165, 1.54) is 23.6 Å². The lowest BCUT2D eigenvalue weighted by Crippen LogP contribution is -2.41. The standard InChI is InChI=1S/C11H12N2O3S/c1-7(11(15)16)13-9(14)6-17-10(13)8-4-2-3-5-12-8/h2-5,7,10H,6H2,1H3,(H,15,16)/t7-,10?/m0/s1. The lowest BCUT2D eigenvalue weighted by Gasteiger charge is -2.26. The Balaban J connectivity index is 2.28. The number of hydrogen-bond donors (Lipinski definition) is 1. The average molecular weight is 252 g/mol. The fraction of sp³-hybridized carbons (Fsp3) is 0.364. The molecule has 0 bridgehead atoms. The lowest BCUT2D eigenvalue weighted by molar-refractivity contribution is -0.148. The minimum atomic E-state index is -0.998. The van der Waals surface area contributed by atoms with E-state index in [2.05, 4.69) is 4.98 Å². The molecule has 90 valence electrons. The van der Waals surface area contributed by atoms with Gasteiger partial charge in [0.25, 0.3) is 0 Å². The third kappa shape index (κ3) is 2.26. The van der Waals surface area contributed by atoms with Gasteiger partial charge in [-0.1, -0.05) is 6.07 Å². The largest absolute Gasteiger partial charge is 0.480 e. The van der Waals surface area contributed by atoms with Gasteiger partial charge in [-0.3, -0.25) is 9.78 Å². The second-order valence-corrected chi connectivity index (χ2v) is 4.80. The molecule has 2 atom stereocenters. The Bertz CT molecular complexity index is 438. The van der Waals surface area contributed by atoms with Gasteiger partial charge in [0.05, 0.1) is 11.4 Å². The predicted molar refractivity (Wildman–Crippen MR) is 63.4 cm³/mol. The second kappa shape index (κ2) is 4.75. The van der Waals surface area contributed by atoms with Gasteiger partial charge < -0.3 is 10.0 Å². The first-order chi connectivity index (χ1) is 8.11. The van der Waals surface area contributed by atoms with Crippen LogP contribution in [0.5, 0.6) is 0 Å². The van der Waals surface area contributed by atoms with Gasteiger partial charge in [-0.05, 0) is 19.1 Å². The van der Waals surface area contributed by atoms with Crippen molar-refractivity contribution in [2.75, 3.05) is 5.75 Å². The average Bonchev–Trinajstić information content (AvgIpc) is 2.71. The summed E-state index contributed by atoms with van der Waals surface area (Å²) in [6, 6.07) is 4.59. The van der Waals surface area contributed by atoms with E-state index in [4.69, 9.17) is 5.11 Å². The highest BCUT2D eigenvalue weighted by Crippen LogP contribution is 2.38. The molecule has 2 heterocycles. The highest BCUT2D eigenvalue weighted by atomic mass is 32.2. The maximum absolute atomic E-state index is 11.7. The van der Waals surface area contributed by atoms with Crippen LogP contribution in [0.3, 0.4) is 0 Å². The third-order valence-corrected chi connectivity index (χ3v) is 3.82. The summed E-state index contributed by atoms with van der Waals surface area (Å²) in [6.07, 6.45) is 1.64. The Labute approximate surface area is 103 Å². The molecule has 0 radical (unpaired) electrons. The maximum atomic E-state index is 11.7. The first kappa shape index (κ1) is 11.9. The van der Waals surface area contributed by atoms with Gasteiger partial charge >= 0.3 is 5.97 Å². The Morgan fingerprint density at radius 1 is 1.65 bits per heavy atom. The van der Waals surface area contributed by atoms with Crippen molar-refractivity contribution >= 4 is 23.6 Å². The zero-order valence-electron chi connectivity index (χ0n) is 9.24. The van der Waals surface area contributed by atoms with Crippen LogP contribution in [0.25, 0.3) is 0 Å². The van der Waals surface area contributed by atoms with Crippen molar-refractivity contribution in [3.8, 4) is 0 Å². The zero-order chi connectivity index (χ0) is 12.4. The Kier molecular flexibility index (Phi) is 3.33. The third-order valence-electron chi connectivity index (χ3n) is 2.62. The van der Waals surface area contributed by atoms with Crippen molar-refractivity contribution in [3.63, 3.8) is 0 Å². The van der Waals surface area contributed by atoms with Crippen LogP contribution in [-0.2, 0) is 9.59 Å². The number of carboxylic acids is 1. The zero-order valence-corrected chi connectivity index (χ0v) is 10.1. The summed E-state index contributed by atoms with van der Waals surface area (Å²) in [5, 5.41) is 8.70. The van der Waals surface area contributed by atoms with Crippen LogP contribution >= 0.6 is 11.8 Å². The molecule has 17 heavy (non-hydrogen) atoms.